The Bertz CT molecular complexity index is 631. The molecule has 9 nitrogen and oxygen atoms in total. The maximum Gasteiger partial charge on any atom is 0.358 e. The third-order valence-electron chi connectivity index (χ3n) is 2.20. The highest BCUT2D eigenvalue weighted by molar-refractivity contribution is 5.84. The normalized spacial score (nSPS) is 9.84. The van der Waals surface area contributed by atoms with Crippen LogP contribution in [0.15, 0.2) is 18.6 Å². The van der Waals surface area contributed by atoms with Crippen LogP contribution < -0.4 is 5.32 Å². The number of carbonyl (C=O) groups is 1. The molecule has 0 saturated heterocycles. The third kappa shape index (κ3) is 3.01. The van der Waals surface area contributed by atoms with E-state index >= 15 is 0 Å². The van der Waals surface area contributed by atoms with Crippen LogP contribution in [-0.4, -0.2) is 42.6 Å². The summed E-state index contributed by atoms with van der Waals surface area (Å²) in [7, 11) is 0. The van der Waals surface area contributed by atoms with Gasteiger partial charge in [-0.2, -0.15) is 5.26 Å². The molecule has 0 saturated carbocycles. The molecule has 0 aromatic carbocycles. The quantitative estimate of drug-likeness (QED) is 0.751. The number of nitrogens with one attached hydrogen (secondary N) is 1. The summed E-state index contributed by atoms with van der Waals surface area (Å²) in [6.07, 6.45) is 4.23. The van der Waals surface area contributed by atoms with E-state index in [4.69, 9.17) is 10.4 Å². The lowest BCUT2D eigenvalue weighted by Gasteiger charge is -2.05. The smallest absolute Gasteiger partial charge is 0.358 e. The Morgan fingerprint density at radius 2 is 2.26 bits per heavy atom. The van der Waals surface area contributed by atoms with E-state index in [0.717, 1.165) is 0 Å². The molecule has 0 aliphatic carbocycles. The van der Waals surface area contributed by atoms with E-state index in [1.165, 1.54) is 23.3 Å². The van der Waals surface area contributed by atoms with Gasteiger partial charge in [0.15, 0.2) is 17.2 Å². The Labute approximate surface area is 107 Å². The van der Waals surface area contributed by atoms with Gasteiger partial charge in [0.2, 0.25) is 0 Å². The topological polar surface area (TPSA) is 130 Å². The fourth-order valence-electron chi connectivity index (χ4n) is 1.34. The zero-order chi connectivity index (χ0) is 13.7. The number of aromatic carboxylic acids is 1. The summed E-state index contributed by atoms with van der Waals surface area (Å²) in [6, 6.07) is 1.91. The van der Waals surface area contributed by atoms with Crippen molar-refractivity contribution in [2.24, 2.45) is 0 Å². The molecule has 0 atom stereocenters. The van der Waals surface area contributed by atoms with Crippen LogP contribution in [0, 0.1) is 11.3 Å². The molecular formula is C10H9N7O2. The van der Waals surface area contributed by atoms with Crippen molar-refractivity contribution in [1.82, 2.24) is 25.0 Å². The molecule has 2 aromatic rings. The molecule has 0 spiro atoms. The van der Waals surface area contributed by atoms with Crippen LogP contribution in [-0.2, 0) is 6.54 Å². The molecule has 0 bridgehead atoms. The van der Waals surface area contributed by atoms with Crippen molar-refractivity contribution in [1.29, 1.82) is 5.26 Å². The van der Waals surface area contributed by atoms with Crippen LogP contribution in [0.25, 0.3) is 0 Å². The van der Waals surface area contributed by atoms with Crippen molar-refractivity contribution in [3.8, 4) is 6.07 Å². The lowest BCUT2D eigenvalue weighted by atomic mass is 10.4. The maximum absolute atomic E-state index is 10.6. The Hall–Kier alpha value is -3.02. The number of hydrogen-bond acceptors (Lipinski definition) is 7. The van der Waals surface area contributed by atoms with Crippen LogP contribution >= 0.6 is 0 Å². The monoisotopic (exact) mass is 259 g/mol. The highest BCUT2D eigenvalue weighted by Gasteiger charge is 2.08. The second kappa shape index (κ2) is 5.54. The van der Waals surface area contributed by atoms with E-state index in [0.29, 0.717) is 18.9 Å². The second-order valence-electron chi connectivity index (χ2n) is 3.46. The van der Waals surface area contributed by atoms with Crippen molar-refractivity contribution in [2.45, 2.75) is 6.54 Å². The lowest BCUT2D eigenvalue weighted by Crippen LogP contribution is -2.13. The summed E-state index contributed by atoms with van der Waals surface area (Å²) in [5.74, 6) is -0.747. The number of nitrogens with zero attached hydrogens (tertiary/aromatic N) is 6. The van der Waals surface area contributed by atoms with Crippen LogP contribution in [0.1, 0.15) is 16.2 Å². The molecule has 0 amide bonds. The fourth-order valence-corrected chi connectivity index (χ4v) is 1.34. The van der Waals surface area contributed by atoms with E-state index in [1.54, 1.807) is 0 Å². The van der Waals surface area contributed by atoms with Gasteiger partial charge in [0.25, 0.3) is 0 Å². The Balaban J connectivity index is 1.93. The summed E-state index contributed by atoms with van der Waals surface area (Å²) in [6.45, 7) is 0.803. The Kier molecular flexibility index (Phi) is 3.63. The van der Waals surface area contributed by atoms with Crippen LogP contribution in [0.4, 0.5) is 5.82 Å². The van der Waals surface area contributed by atoms with Gasteiger partial charge in [-0.05, 0) is 0 Å². The minimum atomic E-state index is -1.13. The molecule has 2 rings (SSSR count). The minimum Gasteiger partial charge on any atom is -0.476 e. The molecule has 0 aliphatic heterocycles. The summed E-state index contributed by atoms with van der Waals surface area (Å²) in [5, 5.41) is 27.6. The molecule has 2 aromatic heterocycles. The SMILES string of the molecule is N#Cc1nccnc1NCCn1cc(C(=O)O)nn1. The van der Waals surface area contributed by atoms with Crippen molar-refractivity contribution < 1.29 is 9.90 Å². The lowest BCUT2D eigenvalue weighted by molar-refractivity contribution is 0.0690. The minimum absolute atomic E-state index is 0.114. The van der Waals surface area contributed by atoms with E-state index in [-0.39, 0.29) is 11.4 Å². The van der Waals surface area contributed by atoms with Gasteiger partial charge in [-0.3, -0.25) is 0 Å². The second-order valence-corrected chi connectivity index (χ2v) is 3.46. The van der Waals surface area contributed by atoms with Gasteiger partial charge < -0.3 is 10.4 Å². The molecular weight excluding hydrogens is 250 g/mol. The van der Waals surface area contributed by atoms with E-state index in [9.17, 15) is 4.79 Å². The molecule has 2 N–H and O–H groups in total. The fraction of sp³-hybridized carbons (Fsp3) is 0.200. The van der Waals surface area contributed by atoms with Gasteiger partial charge in [0, 0.05) is 18.9 Å². The first-order valence-corrected chi connectivity index (χ1v) is 5.29. The summed E-state index contributed by atoms with van der Waals surface area (Å²) >= 11 is 0. The Morgan fingerprint density at radius 1 is 1.47 bits per heavy atom. The summed E-state index contributed by atoms with van der Waals surface area (Å²) < 4.78 is 1.39. The van der Waals surface area contributed by atoms with Gasteiger partial charge in [-0.15, -0.1) is 5.10 Å². The number of aromatic nitrogens is 5. The summed E-state index contributed by atoms with van der Waals surface area (Å²) in [5.41, 5.74) is 0.0875. The van der Waals surface area contributed by atoms with Gasteiger partial charge in [0.05, 0.1) is 12.7 Å². The standard InChI is InChI=1S/C10H9N7O2/c11-5-7-9(13-2-1-12-7)14-3-4-17-6-8(10(18)19)15-16-17/h1-2,6H,3-4H2,(H,13,14)(H,18,19). The molecule has 0 unspecified atom stereocenters. The van der Waals surface area contributed by atoms with Crippen molar-refractivity contribution in [3.05, 3.63) is 30.0 Å². The first-order valence-electron chi connectivity index (χ1n) is 5.29. The number of carboxylic acids is 1. The number of carboxylic acid groups (broad SMARTS) is 1. The highest BCUT2D eigenvalue weighted by atomic mass is 16.4. The third-order valence-corrected chi connectivity index (χ3v) is 2.20. The average Bonchev–Trinajstić information content (AvgIpc) is 2.88. The predicted molar refractivity (Wildman–Crippen MR) is 62.2 cm³/mol. The molecule has 2 heterocycles. The first-order chi connectivity index (χ1) is 9.20. The molecule has 19 heavy (non-hydrogen) atoms. The predicted octanol–water partition coefficient (Wildman–Crippen LogP) is -0.250. The number of anilines is 1. The molecule has 0 fully saturated rings. The van der Waals surface area contributed by atoms with Gasteiger partial charge in [-0.25, -0.2) is 19.4 Å². The van der Waals surface area contributed by atoms with E-state index in [1.807, 2.05) is 6.07 Å². The number of nitriles is 1. The molecule has 0 aliphatic rings. The highest BCUT2D eigenvalue weighted by Crippen LogP contribution is 2.05. The summed E-state index contributed by atoms with van der Waals surface area (Å²) in [4.78, 5) is 18.4. The van der Waals surface area contributed by atoms with Gasteiger partial charge in [0.1, 0.15) is 6.07 Å². The molecule has 96 valence electrons. The largest absolute Gasteiger partial charge is 0.476 e. The first kappa shape index (κ1) is 12.4. The number of hydrogen-bond donors (Lipinski definition) is 2. The number of rotatable bonds is 5. The van der Waals surface area contributed by atoms with Crippen molar-refractivity contribution >= 4 is 11.8 Å². The zero-order valence-corrected chi connectivity index (χ0v) is 9.69. The average molecular weight is 259 g/mol. The van der Waals surface area contributed by atoms with Gasteiger partial charge >= 0.3 is 5.97 Å². The van der Waals surface area contributed by atoms with Crippen LogP contribution in [0.3, 0.4) is 0 Å². The van der Waals surface area contributed by atoms with Crippen LogP contribution in [0.5, 0.6) is 0 Å². The van der Waals surface area contributed by atoms with E-state index < -0.39 is 5.97 Å². The van der Waals surface area contributed by atoms with E-state index in [2.05, 4.69) is 25.6 Å². The molecule has 0 radical (unpaired) electrons. The van der Waals surface area contributed by atoms with Crippen LogP contribution in [0.2, 0.25) is 0 Å². The van der Waals surface area contributed by atoms with Crippen molar-refractivity contribution in [2.75, 3.05) is 11.9 Å². The molecule has 9 heteroatoms. The maximum atomic E-state index is 10.6. The zero-order valence-electron chi connectivity index (χ0n) is 9.69. The van der Waals surface area contributed by atoms with Crippen molar-refractivity contribution in [3.63, 3.8) is 0 Å². The van der Waals surface area contributed by atoms with Gasteiger partial charge in [-0.1, -0.05) is 5.21 Å². The Morgan fingerprint density at radius 3 is 2.95 bits per heavy atom.